The Morgan fingerprint density at radius 1 is 1.36 bits per heavy atom. The molecule has 0 N–H and O–H groups in total. The molecule has 58 valence electrons. The molecule has 0 fully saturated rings. The van der Waals surface area contributed by atoms with Gasteiger partial charge in [0.15, 0.2) is 0 Å². The van der Waals surface area contributed by atoms with Gasteiger partial charge >= 0.3 is 0 Å². The van der Waals surface area contributed by atoms with Crippen LogP contribution in [-0.2, 0) is 0 Å². The Labute approximate surface area is 68.0 Å². The summed E-state index contributed by atoms with van der Waals surface area (Å²) in [6.45, 7) is 2.01. The molecular weight excluding hydrogens is 134 g/mol. The first kappa shape index (κ1) is 7.86. The molecule has 1 heterocycles. The maximum Gasteiger partial charge on any atom is 0.0403 e. The van der Waals surface area contributed by atoms with Crippen LogP contribution in [0.15, 0.2) is 48.4 Å². The smallest absolute Gasteiger partial charge is 0.0403 e. The highest BCUT2D eigenvalue weighted by molar-refractivity contribution is 5.29. The first-order chi connectivity index (χ1) is 5.34. The van der Waals surface area contributed by atoms with Crippen molar-refractivity contribution >= 4 is 0 Å². The van der Waals surface area contributed by atoms with Crippen LogP contribution >= 0.6 is 0 Å². The van der Waals surface area contributed by atoms with Crippen LogP contribution in [0.25, 0.3) is 0 Å². The van der Waals surface area contributed by atoms with E-state index in [0.29, 0.717) is 0 Å². The zero-order valence-electron chi connectivity index (χ0n) is 6.99. The van der Waals surface area contributed by atoms with Gasteiger partial charge in [-0.25, -0.2) is 0 Å². The lowest BCUT2D eigenvalue weighted by atomic mass is 10.2. The van der Waals surface area contributed by atoms with Crippen LogP contribution in [0, 0.1) is 0 Å². The van der Waals surface area contributed by atoms with Gasteiger partial charge < -0.3 is 4.90 Å². The van der Waals surface area contributed by atoms with Crippen LogP contribution in [0.3, 0.4) is 0 Å². The largest absolute Gasteiger partial charge is 0.351 e. The van der Waals surface area contributed by atoms with Gasteiger partial charge in [-0.05, 0) is 25.2 Å². The molecule has 11 heavy (non-hydrogen) atoms. The quantitative estimate of drug-likeness (QED) is 0.550. The number of nitrogens with zero attached hydrogens (tertiary/aromatic N) is 1. The predicted molar refractivity (Wildman–Crippen MR) is 48.9 cm³/mol. The molecule has 1 rings (SSSR count). The second-order valence-electron chi connectivity index (χ2n) is 2.43. The van der Waals surface area contributed by atoms with Gasteiger partial charge in [-0.2, -0.15) is 0 Å². The van der Waals surface area contributed by atoms with E-state index in [4.69, 9.17) is 0 Å². The van der Waals surface area contributed by atoms with Crippen LogP contribution in [0.5, 0.6) is 0 Å². The summed E-state index contributed by atoms with van der Waals surface area (Å²) in [4.78, 5) is 2.08. The molecule has 1 aliphatic rings. The molecule has 0 unspecified atom stereocenters. The summed E-state index contributed by atoms with van der Waals surface area (Å²) in [5.74, 6) is 0. The fourth-order valence-electron chi connectivity index (χ4n) is 0.905. The number of hydrogen-bond acceptors (Lipinski definition) is 1. The number of hydrogen-bond donors (Lipinski definition) is 0. The molecule has 1 aliphatic heterocycles. The summed E-state index contributed by atoms with van der Waals surface area (Å²) in [6, 6.07) is 0. The van der Waals surface area contributed by atoms with E-state index in [-0.39, 0.29) is 0 Å². The molecule has 1 nitrogen and oxygen atoms in total. The van der Waals surface area contributed by atoms with Gasteiger partial charge in [0.1, 0.15) is 0 Å². The zero-order chi connectivity index (χ0) is 8.10. The van der Waals surface area contributed by atoms with Gasteiger partial charge in [-0.15, -0.1) is 0 Å². The molecule has 0 amide bonds. The molecule has 0 bridgehead atoms. The molecule has 0 radical (unpaired) electrons. The average molecular weight is 147 g/mol. The zero-order valence-corrected chi connectivity index (χ0v) is 6.99. The molecule has 0 aromatic heterocycles. The molecule has 0 aliphatic carbocycles. The van der Waals surface area contributed by atoms with Gasteiger partial charge in [0.25, 0.3) is 0 Å². The summed E-state index contributed by atoms with van der Waals surface area (Å²) < 4.78 is 0. The fourth-order valence-corrected chi connectivity index (χ4v) is 0.905. The lowest BCUT2D eigenvalue weighted by molar-refractivity contribution is 0.584. The summed E-state index contributed by atoms with van der Waals surface area (Å²) >= 11 is 0. The SMILES string of the molecule is C/C=C\C=C1\C=CC=CN1C. The lowest BCUT2D eigenvalue weighted by Crippen LogP contribution is -2.09. The molecule has 0 atom stereocenters. The van der Waals surface area contributed by atoms with Crippen LogP contribution < -0.4 is 0 Å². The predicted octanol–water partition coefficient (Wildman–Crippen LogP) is 2.46. The first-order valence-electron chi connectivity index (χ1n) is 3.75. The maximum absolute atomic E-state index is 2.08. The van der Waals surface area contributed by atoms with Crippen LogP contribution in [-0.4, -0.2) is 11.9 Å². The van der Waals surface area contributed by atoms with Crippen molar-refractivity contribution in [2.75, 3.05) is 7.05 Å². The Morgan fingerprint density at radius 3 is 2.82 bits per heavy atom. The molecule has 0 saturated carbocycles. The standard InChI is InChI=1S/C10H13N/c1-3-4-7-10-8-5-6-9-11(10)2/h3-9H,1-2H3/b4-3-,10-7-. The number of rotatable bonds is 1. The highest BCUT2D eigenvalue weighted by atomic mass is 15.1. The van der Waals surface area contributed by atoms with E-state index in [9.17, 15) is 0 Å². The summed E-state index contributed by atoms with van der Waals surface area (Å²) in [6.07, 6.45) is 14.3. The molecule has 0 spiro atoms. The van der Waals surface area contributed by atoms with E-state index >= 15 is 0 Å². The van der Waals surface area contributed by atoms with Crippen molar-refractivity contribution in [2.24, 2.45) is 0 Å². The van der Waals surface area contributed by atoms with E-state index < -0.39 is 0 Å². The van der Waals surface area contributed by atoms with Crippen molar-refractivity contribution in [1.29, 1.82) is 0 Å². The second-order valence-corrected chi connectivity index (χ2v) is 2.43. The highest BCUT2D eigenvalue weighted by Crippen LogP contribution is 2.08. The van der Waals surface area contributed by atoms with Crippen molar-refractivity contribution in [2.45, 2.75) is 6.92 Å². The minimum Gasteiger partial charge on any atom is -0.351 e. The first-order valence-corrected chi connectivity index (χ1v) is 3.75. The lowest BCUT2D eigenvalue weighted by Gasteiger charge is -2.16. The Balaban J connectivity index is 2.72. The topological polar surface area (TPSA) is 3.24 Å². The summed E-state index contributed by atoms with van der Waals surface area (Å²) in [5.41, 5.74) is 1.21. The van der Waals surface area contributed by atoms with Crippen molar-refractivity contribution in [1.82, 2.24) is 4.90 Å². The normalized spacial score (nSPS) is 20.5. The van der Waals surface area contributed by atoms with Crippen LogP contribution in [0.2, 0.25) is 0 Å². The average Bonchev–Trinajstić information content (AvgIpc) is 2.03. The highest BCUT2D eigenvalue weighted by Gasteiger charge is 1.96. The van der Waals surface area contributed by atoms with Gasteiger partial charge in [-0.1, -0.05) is 18.2 Å². The Bertz CT molecular complexity index is 231. The van der Waals surface area contributed by atoms with Gasteiger partial charge in [-0.3, -0.25) is 0 Å². The molecular formula is C10H13N. The molecule has 0 aromatic rings. The minimum atomic E-state index is 1.21. The summed E-state index contributed by atoms with van der Waals surface area (Å²) in [5, 5.41) is 0. The van der Waals surface area contributed by atoms with E-state index in [0.717, 1.165) is 0 Å². The number of likely N-dealkylation sites (N-methyl/N-ethyl adjacent to an activating group) is 1. The van der Waals surface area contributed by atoms with Crippen molar-refractivity contribution in [3.05, 3.63) is 48.4 Å². The molecule has 0 saturated heterocycles. The Kier molecular flexibility index (Phi) is 2.73. The maximum atomic E-state index is 2.08. The monoisotopic (exact) mass is 147 g/mol. The van der Waals surface area contributed by atoms with E-state index in [1.165, 1.54) is 5.70 Å². The third-order valence-electron chi connectivity index (χ3n) is 1.55. The van der Waals surface area contributed by atoms with Gasteiger partial charge in [0, 0.05) is 18.9 Å². The second kappa shape index (κ2) is 3.81. The third-order valence-corrected chi connectivity index (χ3v) is 1.55. The van der Waals surface area contributed by atoms with E-state index in [1.54, 1.807) is 0 Å². The Morgan fingerprint density at radius 2 is 2.18 bits per heavy atom. The van der Waals surface area contributed by atoms with E-state index in [2.05, 4.69) is 17.1 Å². The van der Waals surface area contributed by atoms with Gasteiger partial charge in [0.2, 0.25) is 0 Å². The molecule has 0 aromatic carbocycles. The van der Waals surface area contributed by atoms with E-state index in [1.807, 2.05) is 44.5 Å². The number of allylic oxidation sites excluding steroid dienone is 6. The van der Waals surface area contributed by atoms with Crippen LogP contribution in [0.1, 0.15) is 6.92 Å². The minimum absolute atomic E-state index is 1.21. The van der Waals surface area contributed by atoms with Gasteiger partial charge in [0.05, 0.1) is 0 Å². The fraction of sp³-hybridized carbons (Fsp3) is 0.200. The van der Waals surface area contributed by atoms with Crippen molar-refractivity contribution < 1.29 is 0 Å². The summed E-state index contributed by atoms with van der Waals surface area (Å²) in [7, 11) is 2.04. The Hall–Kier alpha value is -1.24. The van der Waals surface area contributed by atoms with Crippen molar-refractivity contribution in [3.8, 4) is 0 Å². The molecule has 1 heteroatoms. The van der Waals surface area contributed by atoms with Crippen molar-refractivity contribution in [3.63, 3.8) is 0 Å². The third kappa shape index (κ3) is 2.11. The van der Waals surface area contributed by atoms with Crippen LogP contribution in [0.4, 0.5) is 0 Å².